The fourth-order valence-electron chi connectivity index (χ4n) is 2.19. The lowest BCUT2D eigenvalue weighted by Crippen LogP contribution is -2.32. The average molecular weight is 322 g/mol. The quantitative estimate of drug-likeness (QED) is 0.882. The normalized spacial score (nSPS) is 12.3. The molecule has 0 bridgehead atoms. The summed E-state index contributed by atoms with van der Waals surface area (Å²) < 4.78 is 28.1. The molecule has 2 rings (SSSR count). The van der Waals surface area contributed by atoms with Crippen LogP contribution >= 0.6 is 0 Å². The Kier molecular flexibility index (Phi) is 5.31. The van der Waals surface area contributed by atoms with Crippen molar-refractivity contribution >= 4 is 11.8 Å². The van der Waals surface area contributed by atoms with Gasteiger partial charge in [0.05, 0.1) is 12.2 Å². The molecule has 124 valence electrons. The van der Waals surface area contributed by atoms with Crippen LogP contribution in [-0.4, -0.2) is 15.8 Å². The van der Waals surface area contributed by atoms with E-state index in [0.29, 0.717) is 23.8 Å². The van der Waals surface area contributed by atoms with Crippen molar-refractivity contribution < 1.29 is 13.6 Å². The third-order valence-electron chi connectivity index (χ3n) is 3.23. The first kappa shape index (κ1) is 16.9. The lowest BCUT2D eigenvalue weighted by molar-refractivity contribution is 0.249. The number of hydrogen-bond donors (Lipinski definition) is 2. The molecule has 0 aliphatic heterocycles. The first-order valence-electron chi connectivity index (χ1n) is 7.40. The molecule has 1 aromatic carbocycles. The van der Waals surface area contributed by atoms with Gasteiger partial charge in [-0.15, -0.1) is 0 Å². The van der Waals surface area contributed by atoms with Gasteiger partial charge in [-0.05, 0) is 30.5 Å². The molecule has 1 heterocycles. The van der Waals surface area contributed by atoms with Crippen LogP contribution in [0.4, 0.5) is 19.4 Å². The van der Waals surface area contributed by atoms with Gasteiger partial charge in [0.2, 0.25) is 0 Å². The molecule has 0 unspecified atom stereocenters. The molecule has 0 aliphatic carbocycles. The molecule has 0 radical (unpaired) electrons. The molecule has 0 spiro atoms. The second-order valence-corrected chi connectivity index (χ2v) is 5.82. The lowest BCUT2D eigenvalue weighted by Gasteiger charge is -2.16. The number of rotatable bonds is 5. The van der Waals surface area contributed by atoms with E-state index in [1.807, 2.05) is 13.8 Å². The highest BCUT2D eigenvalue weighted by molar-refractivity contribution is 5.88. The summed E-state index contributed by atoms with van der Waals surface area (Å²) in [5.41, 5.74) is 0.355. The molecule has 2 amide bonds. The van der Waals surface area contributed by atoms with Gasteiger partial charge < -0.3 is 5.32 Å². The summed E-state index contributed by atoms with van der Waals surface area (Å²) in [6.45, 7) is 6.42. The van der Waals surface area contributed by atoms with Crippen molar-refractivity contribution in [2.24, 2.45) is 5.92 Å². The van der Waals surface area contributed by atoms with Crippen LogP contribution in [-0.2, 0) is 6.54 Å². The van der Waals surface area contributed by atoms with Crippen molar-refractivity contribution in [1.82, 2.24) is 15.1 Å². The van der Waals surface area contributed by atoms with E-state index in [9.17, 15) is 13.6 Å². The summed E-state index contributed by atoms with van der Waals surface area (Å²) in [5, 5.41) is 9.48. The monoisotopic (exact) mass is 322 g/mol. The zero-order valence-corrected chi connectivity index (χ0v) is 13.3. The summed E-state index contributed by atoms with van der Waals surface area (Å²) in [6, 6.07) is 3.86. The number of carbonyl (C=O) groups is 1. The summed E-state index contributed by atoms with van der Waals surface area (Å²) in [5.74, 6) is -0.408. The minimum Gasteiger partial charge on any atom is -0.331 e. The maximum absolute atomic E-state index is 13.2. The number of carbonyl (C=O) groups excluding carboxylic acids is 1. The van der Waals surface area contributed by atoms with Crippen molar-refractivity contribution in [2.75, 3.05) is 5.32 Å². The van der Waals surface area contributed by atoms with Gasteiger partial charge in [0.15, 0.2) is 0 Å². The van der Waals surface area contributed by atoms with Crippen LogP contribution in [0.5, 0.6) is 0 Å². The van der Waals surface area contributed by atoms with Crippen LogP contribution < -0.4 is 10.6 Å². The smallest absolute Gasteiger partial charge is 0.320 e. The maximum atomic E-state index is 13.2. The summed E-state index contributed by atoms with van der Waals surface area (Å²) >= 11 is 0. The topological polar surface area (TPSA) is 59.0 Å². The van der Waals surface area contributed by atoms with Gasteiger partial charge in [0, 0.05) is 18.7 Å². The van der Waals surface area contributed by atoms with Gasteiger partial charge in [-0.3, -0.25) is 5.32 Å². The van der Waals surface area contributed by atoms with Gasteiger partial charge in [-0.1, -0.05) is 13.8 Å². The maximum Gasteiger partial charge on any atom is 0.320 e. The molecule has 1 atom stereocenters. The molecule has 23 heavy (non-hydrogen) atoms. The number of amides is 2. The molecule has 0 saturated carbocycles. The van der Waals surface area contributed by atoms with Crippen LogP contribution in [0.1, 0.15) is 32.4 Å². The van der Waals surface area contributed by atoms with Gasteiger partial charge in [0.25, 0.3) is 0 Å². The Morgan fingerprint density at radius 1 is 1.22 bits per heavy atom. The minimum atomic E-state index is -0.677. The SMILES string of the molecule is CC(C)Cn1nccc1NC(=O)N[C@H](C)c1cc(F)cc(F)c1. The summed E-state index contributed by atoms with van der Waals surface area (Å²) in [4.78, 5) is 12.1. The Morgan fingerprint density at radius 2 is 1.87 bits per heavy atom. The summed E-state index contributed by atoms with van der Waals surface area (Å²) in [6.07, 6.45) is 1.60. The molecule has 0 fully saturated rings. The predicted molar refractivity (Wildman–Crippen MR) is 84.0 cm³/mol. The Hall–Kier alpha value is -2.44. The lowest BCUT2D eigenvalue weighted by atomic mass is 10.1. The Balaban J connectivity index is 2.00. The zero-order chi connectivity index (χ0) is 17.0. The van der Waals surface area contributed by atoms with Gasteiger partial charge in [0.1, 0.15) is 17.5 Å². The van der Waals surface area contributed by atoms with E-state index in [2.05, 4.69) is 15.7 Å². The Labute approximate surface area is 133 Å². The van der Waals surface area contributed by atoms with E-state index in [0.717, 1.165) is 6.07 Å². The van der Waals surface area contributed by atoms with Crippen LogP contribution in [0.2, 0.25) is 0 Å². The highest BCUT2D eigenvalue weighted by Gasteiger charge is 2.13. The molecule has 7 heteroatoms. The fraction of sp³-hybridized carbons (Fsp3) is 0.375. The van der Waals surface area contributed by atoms with Crippen LogP contribution in [0.15, 0.2) is 30.5 Å². The molecule has 1 aromatic heterocycles. The van der Waals surface area contributed by atoms with Crippen molar-refractivity contribution in [3.8, 4) is 0 Å². The second kappa shape index (κ2) is 7.21. The largest absolute Gasteiger partial charge is 0.331 e. The molecule has 2 aromatic rings. The molecular weight excluding hydrogens is 302 g/mol. The van der Waals surface area contributed by atoms with Gasteiger partial charge in [-0.2, -0.15) is 5.10 Å². The van der Waals surface area contributed by atoms with Gasteiger partial charge >= 0.3 is 6.03 Å². The number of halogens is 2. The molecule has 5 nitrogen and oxygen atoms in total. The fourth-order valence-corrected chi connectivity index (χ4v) is 2.19. The molecule has 2 N–H and O–H groups in total. The van der Waals surface area contributed by atoms with E-state index >= 15 is 0 Å². The minimum absolute atomic E-state index is 0.355. The van der Waals surface area contributed by atoms with Crippen LogP contribution in [0.25, 0.3) is 0 Å². The van der Waals surface area contributed by atoms with E-state index in [1.165, 1.54) is 12.1 Å². The number of aromatic nitrogens is 2. The number of nitrogens with zero attached hydrogens (tertiary/aromatic N) is 2. The van der Waals surface area contributed by atoms with Crippen molar-refractivity contribution in [2.45, 2.75) is 33.4 Å². The molecule has 0 aliphatic rings. The number of anilines is 1. The highest BCUT2D eigenvalue weighted by Crippen LogP contribution is 2.16. The standard InChI is InChI=1S/C16H20F2N4O/c1-10(2)9-22-15(4-5-19-22)21-16(23)20-11(3)12-6-13(17)8-14(18)7-12/h4-8,10-11H,9H2,1-3H3,(H2,20,21,23)/t11-/m1/s1. The Bertz CT molecular complexity index is 664. The Morgan fingerprint density at radius 3 is 2.48 bits per heavy atom. The van der Waals surface area contributed by atoms with Crippen molar-refractivity contribution in [3.05, 3.63) is 47.7 Å². The number of benzene rings is 1. The first-order valence-corrected chi connectivity index (χ1v) is 7.40. The molecule has 0 saturated heterocycles. The van der Waals surface area contributed by atoms with Crippen LogP contribution in [0.3, 0.4) is 0 Å². The first-order chi connectivity index (χ1) is 10.8. The van der Waals surface area contributed by atoms with Crippen molar-refractivity contribution in [1.29, 1.82) is 0 Å². The number of nitrogens with one attached hydrogen (secondary N) is 2. The number of hydrogen-bond acceptors (Lipinski definition) is 2. The molecular formula is C16H20F2N4O. The predicted octanol–water partition coefficient (Wildman–Crippen LogP) is 3.70. The third-order valence-corrected chi connectivity index (χ3v) is 3.23. The highest BCUT2D eigenvalue weighted by atomic mass is 19.1. The van der Waals surface area contributed by atoms with E-state index in [1.54, 1.807) is 23.9 Å². The van der Waals surface area contributed by atoms with Crippen molar-refractivity contribution in [3.63, 3.8) is 0 Å². The second-order valence-electron chi connectivity index (χ2n) is 5.82. The summed E-state index contributed by atoms with van der Waals surface area (Å²) in [7, 11) is 0. The number of urea groups is 1. The third kappa shape index (κ3) is 4.77. The van der Waals surface area contributed by atoms with Gasteiger partial charge in [-0.25, -0.2) is 18.3 Å². The van der Waals surface area contributed by atoms with E-state index in [-0.39, 0.29) is 0 Å². The zero-order valence-electron chi connectivity index (χ0n) is 13.3. The average Bonchev–Trinajstić information content (AvgIpc) is 2.83. The van der Waals surface area contributed by atoms with E-state index < -0.39 is 23.7 Å². The van der Waals surface area contributed by atoms with Crippen LogP contribution in [0, 0.1) is 17.6 Å². The van der Waals surface area contributed by atoms with E-state index in [4.69, 9.17) is 0 Å².